The zero-order chi connectivity index (χ0) is 20.5. The molecule has 160 valence electrons. The van der Waals surface area contributed by atoms with Crippen LogP contribution in [-0.4, -0.2) is 24.2 Å². The summed E-state index contributed by atoms with van der Waals surface area (Å²) >= 11 is 0. The maximum absolute atomic E-state index is 10.9. The highest BCUT2D eigenvalue weighted by atomic mass is 127. The lowest BCUT2D eigenvalue weighted by Gasteiger charge is -2.24. The summed E-state index contributed by atoms with van der Waals surface area (Å²) in [6.45, 7) is 4.80. The van der Waals surface area contributed by atoms with Crippen LogP contribution >= 0.6 is 24.0 Å². The largest absolute Gasteiger partial charge is 0.469 e. The molecule has 5 nitrogen and oxygen atoms in total. The number of aliphatic hydroxyl groups is 1. The molecule has 0 radical (unpaired) electrons. The highest BCUT2D eigenvalue weighted by Crippen LogP contribution is 2.20. The SMILES string of the molecule is CC(NC(=NCC(C)(O)c1ccccc1)NCCc1ccco1)c1ccccc1.I. The highest BCUT2D eigenvalue weighted by molar-refractivity contribution is 14.0. The lowest BCUT2D eigenvalue weighted by molar-refractivity contribution is 0.0672. The van der Waals surface area contributed by atoms with Crippen LogP contribution in [0, 0.1) is 0 Å². The van der Waals surface area contributed by atoms with Gasteiger partial charge in [-0.1, -0.05) is 60.7 Å². The Bertz CT molecular complexity index is 881. The van der Waals surface area contributed by atoms with Crippen LogP contribution in [0.25, 0.3) is 0 Å². The van der Waals surface area contributed by atoms with E-state index in [-0.39, 0.29) is 36.6 Å². The second kappa shape index (κ2) is 11.8. The summed E-state index contributed by atoms with van der Waals surface area (Å²) in [5.41, 5.74) is 0.963. The molecule has 30 heavy (non-hydrogen) atoms. The van der Waals surface area contributed by atoms with Gasteiger partial charge in [-0.15, -0.1) is 24.0 Å². The van der Waals surface area contributed by atoms with Gasteiger partial charge in [0.1, 0.15) is 11.4 Å². The van der Waals surface area contributed by atoms with Gasteiger partial charge in [-0.05, 0) is 37.1 Å². The zero-order valence-corrected chi connectivity index (χ0v) is 19.7. The van der Waals surface area contributed by atoms with Gasteiger partial charge < -0.3 is 20.2 Å². The summed E-state index contributed by atoms with van der Waals surface area (Å²) in [6.07, 6.45) is 2.43. The zero-order valence-electron chi connectivity index (χ0n) is 17.4. The number of nitrogens with one attached hydrogen (secondary N) is 2. The quantitative estimate of drug-likeness (QED) is 0.230. The predicted molar refractivity (Wildman–Crippen MR) is 132 cm³/mol. The average Bonchev–Trinajstić information content (AvgIpc) is 3.26. The van der Waals surface area contributed by atoms with Gasteiger partial charge in [0.2, 0.25) is 0 Å². The number of hydrogen-bond donors (Lipinski definition) is 3. The molecule has 3 N–H and O–H groups in total. The van der Waals surface area contributed by atoms with Crippen LogP contribution in [-0.2, 0) is 12.0 Å². The fraction of sp³-hybridized carbons (Fsp3) is 0.292. The number of rotatable bonds is 8. The smallest absolute Gasteiger partial charge is 0.191 e. The highest BCUT2D eigenvalue weighted by Gasteiger charge is 2.22. The molecule has 1 aromatic heterocycles. The van der Waals surface area contributed by atoms with Crippen LogP contribution in [0.5, 0.6) is 0 Å². The van der Waals surface area contributed by atoms with Crippen LogP contribution in [0.2, 0.25) is 0 Å². The van der Waals surface area contributed by atoms with E-state index in [4.69, 9.17) is 4.42 Å². The second-order valence-corrected chi connectivity index (χ2v) is 7.34. The van der Waals surface area contributed by atoms with Crippen molar-refractivity contribution < 1.29 is 9.52 Å². The number of aliphatic imine (C=N–C) groups is 1. The van der Waals surface area contributed by atoms with E-state index in [1.807, 2.05) is 60.7 Å². The summed E-state index contributed by atoms with van der Waals surface area (Å²) in [4.78, 5) is 4.67. The van der Waals surface area contributed by atoms with Crippen LogP contribution in [0.4, 0.5) is 0 Å². The molecular formula is C24H30IN3O2. The standard InChI is InChI=1S/C24H29N3O2.HI/c1-19(20-10-5-3-6-11-20)27-23(25-16-15-22-14-9-17-29-22)26-18-24(2,28)21-12-7-4-8-13-21;/h3-14,17,19,28H,15-16,18H2,1-2H3,(H2,25,26,27);1H. The maximum atomic E-state index is 10.9. The predicted octanol–water partition coefficient (Wildman–Crippen LogP) is 4.64. The summed E-state index contributed by atoms with van der Waals surface area (Å²) < 4.78 is 5.40. The third-order valence-corrected chi connectivity index (χ3v) is 4.84. The Hall–Kier alpha value is -2.32. The Morgan fingerprint density at radius 3 is 2.33 bits per heavy atom. The number of nitrogens with zero attached hydrogens (tertiary/aromatic N) is 1. The van der Waals surface area contributed by atoms with Crippen LogP contribution in [0.1, 0.15) is 36.8 Å². The van der Waals surface area contributed by atoms with E-state index >= 15 is 0 Å². The third-order valence-electron chi connectivity index (χ3n) is 4.84. The van der Waals surface area contributed by atoms with E-state index < -0.39 is 5.60 Å². The van der Waals surface area contributed by atoms with Crippen LogP contribution in [0.15, 0.2) is 88.5 Å². The molecule has 2 aromatic carbocycles. The molecule has 0 aliphatic rings. The Morgan fingerprint density at radius 2 is 1.70 bits per heavy atom. The molecule has 0 spiro atoms. The van der Waals surface area contributed by atoms with Gasteiger partial charge in [0, 0.05) is 13.0 Å². The molecule has 3 rings (SSSR count). The molecular weight excluding hydrogens is 489 g/mol. The summed E-state index contributed by atoms with van der Waals surface area (Å²) in [7, 11) is 0. The van der Waals surface area contributed by atoms with E-state index in [9.17, 15) is 5.11 Å². The van der Waals surface area contributed by atoms with Crippen molar-refractivity contribution in [3.05, 3.63) is 95.9 Å². The van der Waals surface area contributed by atoms with Crippen molar-refractivity contribution in [2.45, 2.75) is 31.9 Å². The van der Waals surface area contributed by atoms with E-state index in [2.05, 4.69) is 34.7 Å². The van der Waals surface area contributed by atoms with Gasteiger partial charge in [0.05, 0.1) is 18.8 Å². The second-order valence-electron chi connectivity index (χ2n) is 7.34. The van der Waals surface area contributed by atoms with Crippen molar-refractivity contribution in [2.75, 3.05) is 13.1 Å². The normalized spacial score (nSPS) is 14.3. The first-order chi connectivity index (χ1) is 14.0. The van der Waals surface area contributed by atoms with Crippen molar-refractivity contribution in [1.29, 1.82) is 0 Å². The van der Waals surface area contributed by atoms with Gasteiger partial charge >= 0.3 is 0 Å². The molecule has 0 fully saturated rings. The van der Waals surface area contributed by atoms with E-state index in [1.165, 1.54) is 5.56 Å². The molecule has 0 bridgehead atoms. The van der Waals surface area contributed by atoms with Crippen LogP contribution in [0.3, 0.4) is 0 Å². The minimum Gasteiger partial charge on any atom is -0.469 e. The Kier molecular flexibility index (Phi) is 9.39. The first-order valence-corrected chi connectivity index (χ1v) is 9.95. The van der Waals surface area contributed by atoms with Crippen molar-refractivity contribution >= 4 is 29.9 Å². The van der Waals surface area contributed by atoms with Gasteiger partial charge in [-0.2, -0.15) is 0 Å². The number of halogens is 1. The van der Waals surface area contributed by atoms with Crippen molar-refractivity contribution in [3.8, 4) is 0 Å². The molecule has 2 unspecified atom stereocenters. The minimum absolute atomic E-state index is 0. The van der Waals surface area contributed by atoms with E-state index in [0.717, 1.165) is 17.7 Å². The Balaban J connectivity index is 0.00000320. The maximum Gasteiger partial charge on any atom is 0.191 e. The first-order valence-electron chi connectivity index (χ1n) is 9.95. The average molecular weight is 519 g/mol. The number of hydrogen-bond acceptors (Lipinski definition) is 3. The molecule has 0 aliphatic carbocycles. The Morgan fingerprint density at radius 1 is 1.03 bits per heavy atom. The van der Waals surface area contributed by atoms with E-state index in [1.54, 1.807) is 13.2 Å². The summed E-state index contributed by atoms with van der Waals surface area (Å²) in [6, 6.07) is 23.7. The monoisotopic (exact) mass is 519 g/mol. The van der Waals surface area contributed by atoms with Gasteiger partial charge in [0.25, 0.3) is 0 Å². The van der Waals surface area contributed by atoms with Crippen molar-refractivity contribution in [2.24, 2.45) is 4.99 Å². The van der Waals surface area contributed by atoms with Crippen LogP contribution < -0.4 is 10.6 Å². The fourth-order valence-corrected chi connectivity index (χ4v) is 3.06. The van der Waals surface area contributed by atoms with Gasteiger partial charge in [-0.3, -0.25) is 0 Å². The molecule has 0 amide bonds. The number of guanidine groups is 1. The number of benzene rings is 2. The topological polar surface area (TPSA) is 69.8 Å². The van der Waals surface area contributed by atoms with Gasteiger partial charge in [0.15, 0.2) is 5.96 Å². The fourth-order valence-electron chi connectivity index (χ4n) is 3.06. The molecule has 1 heterocycles. The first kappa shape index (κ1) is 24.0. The van der Waals surface area contributed by atoms with Gasteiger partial charge in [-0.25, -0.2) is 4.99 Å². The van der Waals surface area contributed by atoms with Crippen molar-refractivity contribution in [3.63, 3.8) is 0 Å². The third kappa shape index (κ3) is 7.18. The number of furan rings is 1. The molecule has 6 heteroatoms. The lowest BCUT2D eigenvalue weighted by Crippen LogP contribution is -2.41. The van der Waals surface area contributed by atoms with E-state index in [0.29, 0.717) is 12.5 Å². The molecule has 3 aromatic rings. The van der Waals surface area contributed by atoms with Crippen molar-refractivity contribution in [1.82, 2.24) is 10.6 Å². The minimum atomic E-state index is -1.05. The molecule has 0 saturated carbocycles. The molecule has 0 aliphatic heterocycles. The lowest BCUT2D eigenvalue weighted by atomic mass is 9.96. The summed E-state index contributed by atoms with van der Waals surface area (Å²) in [5, 5.41) is 17.7. The molecule has 0 saturated heterocycles. The molecule has 2 atom stereocenters. The Labute approximate surface area is 195 Å². The summed E-state index contributed by atoms with van der Waals surface area (Å²) in [5.74, 6) is 1.58.